The molecule has 0 saturated heterocycles. The molecule has 0 aliphatic carbocycles. The van der Waals surface area contributed by atoms with Crippen LogP contribution in [0.1, 0.15) is 22.8 Å². The van der Waals surface area contributed by atoms with E-state index in [1.54, 1.807) is 0 Å². The van der Waals surface area contributed by atoms with E-state index in [2.05, 4.69) is 0 Å². The van der Waals surface area contributed by atoms with Gasteiger partial charge >= 0.3 is 5.97 Å². The lowest BCUT2D eigenvalue weighted by Gasteiger charge is -2.05. The molecule has 0 atom stereocenters. The van der Waals surface area contributed by atoms with Crippen LogP contribution in [0.3, 0.4) is 0 Å². The van der Waals surface area contributed by atoms with Crippen molar-refractivity contribution in [1.29, 1.82) is 0 Å². The smallest absolute Gasteiger partial charge is 0.308 e. The van der Waals surface area contributed by atoms with Crippen LogP contribution in [0, 0.1) is 11.6 Å². The Morgan fingerprint density at radius 3 is 2.20 bits per heavy atom. The van der Waals surface area contributed by atoms with Crippen molar-refractivity contribution in [3.8, 4) is 5.75 Å². The van der Waals surface area contributed by atoms with E-state index in [-0.39, 0.29) is 16.9 Å². The summed E-state index contributed by atoms with van der Waals surface area (Å²) < 4.78 is 31.0. The summed E-state index contributed by atoms with van der Waals surface area (Å²) in [6.07, 6.45) is 0. The molecule has 0 aliphatic heterocycles. The zero-order chi connectivity index (χ0) is 14.7. The molecule has 0 bridgehead atoms. The zero-order valence-corrected chi connectivity index (χ0v) is 10.5. The van der Waals surface area contributed by atoms with Crippen LogP contribution in [-0.4, -0.2) is 11.8 Å². The van der Waals surface area contributed by atoms with E-state index in [0.717, 1.165) is 12.1 Å². The van der Waals surface area contributed by atoms with Crippen LogP contribution in [0.5, 0.6) is 5.75 Å². The molecule has 0 N–H and O–H groups in total. The van der Waals surface area contributed by atoms with Gasteiger partial charge in [0.25, 0.3) is 0 Å². The van der Waals surface area contributed by atoms with Crippen LogP contribution in [0.2, 0.25) is 0 Å². The van der Waals surface area contributed by atoms with Gasteiger partial charge in [-0.1, -0.05) is 12.1 Å². The number of hydrogen-bond acceptors (Lipinski definition) is 3. The van der Waals surface area contributed by atoms with Crippen LogP contribution in [0.4, 0.5) is 8.78 Å². The van der Waals surface area contributed by atoms with Crippen molar-refractivity contribution in [3.63, 3.8) is 0 Å². The lowest BCUT2D eigenvalue weighted by Crippen LogP contribution is -2.05. The number of benzene rings is 2. The Morgan fingerprint density at radius 1 is 0.950 bits per heavy atom. The van der Waals surface area contributed by atoms with Gasteiger partial charge in [0.1, 0.15) is 17.4 Å². The van der Waals surface area contributed by atoms with E-state index < -0.39 is 23.4 Å². The summed E-state index contributed by atoms with van der Waals surface area (Å²) >= 11 is 0. The SMILES string of the molecule is CC(=O)Oc1cccc(C(=O)c2cc(F)cc(F)c2)c1. The van der Waals surface area contributed by atoms with Crippen molar-refractivity contribution < 1.29 is 23.1 Å². The summed E-state index contributed by atoms with van der Waals surface area (Å²) in [7, 11) is 0. The number of carbonyl (C=O) groups excluding carboxylic acids is 2. The molecule has 0 heterocycles. The second-order valence-electron chi connectivity index (χ2n) is 4.11. The van der Waals surface area contributed by atoms with E-state index >= 15 is 0 Å². The van der Waals surface area contributed by atoms with Crippen molar-refractivity contribution in [2.24, 2.45) is 0 Å². The maximum atomic E-state index is 13.1. The minimum atomic E-state index is -0.829. The first kappa shape index (κ1) is 13.9. The van der Waals surface area contributed by atoms with Gasteiger partial charge in [-0.2, -0.15) is 0 Å². The Hall–Kier alpha value is -2.56. The Labute approximate surface area is 113 Å². The van der Waals surface area contributed by atoms with Crippen molar-refractivity contribution in [2.45, 2.75) is 6.92 Å². The molecule has 102 valence electrons. The lowest BCUT2D eigenvalue weighted by molar-refractivity contribution is -0.131. The molecule has 2 aromatic carbocycles. The summed E-state index contributed by atoms with van der Waals surface area (Å²) in [5.74, 6) is -2.54. The van der Waals surface area contributed by atoms with E-state index in [9.17, 15) is 18.4 Å². The predicted molar refractivity (Wildman–Crippen MR) is 67.5 cm³/mol. The summed E-state index contributed by atoms with van der Waals surface area (Å²) in [4.78, 5) is 23.0. The van der Waals surface area contributed by atoms with E-state index in [0.29, 0.717) is 6.07 Å². The number of halogens is 2. The highest BCUT2D eigenvalue weighted by Crippen LogP contribution is 2.18. The highest BCUT2D eigenvalue weighted by atomic mass is 19.1. The van der Waals surface area contributed by atoms with Crippen LogP contribution in [0.25, 0.3) is 0 Å². The molecule has 0 spiro atoms. The van der Waals surface area contributed by atoms with Gasteiger partial charge in [0.15, 0.2) is 5.78 Å². The number of hydrogen-bond donors (Lipinski definition) is 0. The van der Waals surface area contributed by atoms with Crippen molar-refractivity contribution >= 4 is 11.8 Å². The van der Waals surface area contributed by atoms with Gasteiger partial charge in [-0.25, -0.2) is 8.78 Å². The van der Waals surface area contributed by atoms with Gasteiger partial charge in [0.2, 0.25) is 0 Å². The fourth-order valence-electron chi connectivity index (χ4n) is 1.72. The second kappa shape index (κ2) is 5.61. The molecular weight excluding hydrogens is 266 g/mol. The maximum absolute atomic E-state index is 13.1. The average Bonchev–Trinajstić information content (AvgIpc) is 2.36. The largest absolute Gasteiger partial charge is 0.427 e. The van der Waals surface area contributed by atoms with Gasteiger partial charge in [0.05, 0.1) is 0 Å². The lowest BCUT2D eigenvalue weighted by atomic mass is 10.0. The van der Waals surface area contributed by atoms with Gasteiger partial charge in [-0.3, -0.25) is 9.59 Å². The van der Waals surface area contributed by atoms with Crippen LogP contribution >= 0.6 is 0 Å². The number of ether oxygens (including phenoxy) is 1. The molecule has 2 rings (SSSR count). The quantitative estimate of drug-likeness (QED) is 0.491. The van der Waals surface area contributed by atoms with Crippen molar-refractivity contribution in [3.05, 3.63) is 65.2 Å². The number of carbonyl (C=O) groups is 2. The van der Waals surface area contributed by atoms with Crippen LogP contribution in [-0.2, 0) is 4.79 Å². The number of rotatable bonds is 3. The Morgan fingerprint density at radius 2 is 1.60 bits per heavy atom. The van der Waals surface area contributed by atoms with Gasteiger partial charge in [-0.05, 0) is 24.3 Å². The highest BCUT2D eigenvalue weighted by molar-refractivity contribution is 6.09. The third kappa shape index (κ3) is 3.26. The maximum Gasteiger partial charge on any atom is 0.308 e. The third-order valence-corrected chi connectivity index (χ3v) is 2.48. The van der Waals surface area contributed by atoms with Gasteiger partial charge < -0.3 is 4.74 Å². The zero-order valence-electron chi connectivity index (χ0n) is 10.5. The normalized spacial score (nSPS) is 10.2. The number of ketones is 1. The monoisotopic (exact) mass is 276 g/mol. The van der Waals surface area contributed by atoms with Crippen LogP contribution in [0.15, 0.2) is 42.5 Å². The first-order valence-corrected chi connectivity index (χ1v) is 5.75. The average molecular weight is 276 g/mol. The molecule has 0 amide bonds. The summed E-state index contributed by atoms with van der Waals surface area (Å²) in [5, 5.41) is 0. The fraction of sp³-hybridized carbons (Fsp3) is 0.0667. The highest BCUT2D eigenvalue weighted by Gasteiger charge is 2.13. The minimum Gasteiger partial charge on any atom is -0.427 e. The van der Waals surface area contributed by atoms with E-state index in [1.165, 1.54) is 31.2 Å². The molecule has 0 aliphatic rings. The van der Waals surface area contributed by atoms with Crippen molar-refractivity contribution in [2.75, 3.05) is 0 Å². The summed E-state index contributed by atoms with van der Waals surface area (Å²) in [6.45, 7) is 1.23. The molecule has 2 aromatic rings. The first-order chi connectivity index (χ1) is 9.45. The molecule has 0 saturated carbocycles. The third-order valence-electron chi connectivity index (χ3n) is 2.48. The molecule has 0 unspecified atom stereocenters. The fourth-order valence-corrected chi connectivity index (χ4v) is 1.72. The molecule has 0 radical (unpaired) electrons. The minimum absolute atomic E-state index is 0.109. The summed E-state index contributed by atoms with van der Waals surface area (Å²) in [6, 6.07) is 8.41. The molecule has 5 heteroatoms. The van der Waals surface area contributed by atoms with Gasteiger partial charge in [0, 0.05) is 24.1 Å². The molecular formula is C15H10F2O3. The second-order valence-corrected chi connectivity index (χ2v) is 4.11. The van der Waals surface area contributed by atoms with E-state index in [1.807, 2.05) is 0 Å². The molecule has 3 nitrogen and oxygen atoms in total. The Kier molecular flexibility index (Phi) is 3.89. The topological polar surface area (TPSA) is 43.4 Å². The Balaban J connectivity index is 2.35. The Bertz CT molecular complexity index is 660. The molecule has 0 aromatic heterocycles. The molecule has 0 fully saturated rings. The summed E-state index contributed by atoms with van der Waals surface area (Å²) in [5.41, 5.74) is 0.0659. The standard InChI is InChI=1S/C15H10F2O3/c1-9(18)20-14-4-2-3-10(7-14)15(19)11-5-12(16)8-13(17)6-11/h2-8H,1H3. The van der Waals surface area contributed by atoms with Crippen molar-refractivity contribution in [1.82, 2.24) is 0 Å². The number of esters is 1. The van der Waals surface area contributed by atoms with Gasteiger partial charge in [-0.15, -0.1) is 0 Å². The first-order valence-electron chi connectivity index (χ1n) is 5.75. The van der Waals surface area contributed by atoms with E-state index in [4.69, 9.17) is 4.74 Å². The molecule has 20 heavy (non-hydrogen) atoms. The predicted octanol–water partition coefficient (Wildman–Crippen LogP) is 3.12. The van der Waals surface area contributed by atoms with Crippen LogP contribution < -0.4 is 4.74 Å².